The summed E-state index contributed by atoms with van der Waals surface area (Å²) >= 11 is 6.58. The molecule has 13 heteroatoms. The van der Waals surface area contributed by atoms with Crippen molar-refractivity contribution in [2.75, 3.05) is 24.5 Å². The van der Waals surface area contributed by atoms with Crippen LogP contribution in [0.4, 0.5) is 19.4 Å². The fourth-order valence-electron chi connectivity index (χ4n) is 5.95. The quantitative estimate of drug-likeness (QED) is 0.252. The topological polar surface area (TPSA) is 110 Å². The van der Waals surface area contributed by atoms with E-state index in [1.807, 2.05) is 18.2 Å². The van der Waals surface area contributed by atoms with E-state index in [0.29, 0.717) is 58.1 Å². The number of benzene rings is 1. The van der Waals surface area contributed by atoms with Crippen molar-refractivity contribution >= 4 is 34.6 Å². The molecule has 4 aromatic rings. The first-order valence-electron chi connectivity index (χ1n) is 14.6. The van der Waals surface area contributed by atoms with Gasteiger partial charge in [-0.2, -0.15) is 8.78 Å². The molecule has 1 aliphatic heterocycles. The molecule has 10 nitrogen and oxygen atoms in total. The maximum absolute atomic E-state index is 12.7. The lowest BCUT2D eigenvalue weighted by Gasteiger charge is -2.33. The number of hydrogen-bond donors (Lipinski definition) is 2. The van der Waals surface area contributed by atoms with E-state index < -0.39 is 6.61 Å². The molecule has 0 spiro atoms. The fraction of sp³-hybridized carbons (Fsp3) is 0.433. The number of rotatable bonds is 8. The SMILES string of the molecule is O=C(NCC1CCCCC1)NC1CCN(c2ncnc3c2nc(-c2ccccc2Cl)n3-c2ccc(OC(F)F)nc2)CC1. The zero-order valence-electron chi connectivity index (χ0n) is 23.6. The number of amides is 2. The third kappa shape index (κ3) is 6.64. The van der Waals surface area contributed by atoms with E-state index >= 15 is 0 Å². The molecule has 1 saturated carbocycles. The molecule has 43 heavy (non-hydrogen) atoms. The minimum Gasteiger partial charge on any atom is -0.417 e. The first kappa shape index (κ1) is 29.0. The van der Waals surface area contributed by atoms with Crippen molar-refractivity contribution in [3.63, 3.8) is 0 Å². The van der Waals surface area contributed by atoms with E-state index in [0.717, 1.165) is 19.4 Å². The first-order valence-corrected chi connectivity index (χ1v) is 15.0. The number of nitrogens with zero attached hydrogens (tertiary/aromatic N) is 6. The number of alkyl halides is 2. The number of carbonyl (C=O) groups excluding carboxylic acids is 1. The van der Waals surface area contributed by atoms with Crippen molar-refractivity contribution in [1.82, 2.24) is 35.1 Å². The van der Waals surface area contributed by atoms with Gasteiger partial charge in [0, 0.05) is 37.3 Å². The Kier molecular flexibility index (Phi) is 8.82. The summed E-state index contributed by atoms with van der Waals surface area (Å²) in [5.41, 5.74) is 2.31. The van der Waals surface area contributed by atoms with Crippen molar-refractivity contribution < 1.29 is 18.3 Å². The van der Waals surface area contributed by atoms with Crippen molar-refractivity contribution in [3.8, 4) is 23.0 Å². The molecule has 2 fully saturated rings. The summed E-state index contributed by atoms with van der Waals surface area (Å²) in [7, 11) is 0. The summed E-state index contributed by atoms with van der Waals surface area (Å²) in [5, 5.41) is 6.70. The largest absolute Gasteiger partial charge is 0.417 e. The zero-order chi connectivity index (χ0) is 29.8. The number of anilines is 1. The summed E-state index contributed by atoms with van der Waals surface area (Å²) in [6.07, 6.45) is 10.6. The summed E-state index contributed by atoms with van der Waals surface area (Å²) in [5.74, 6) is 1.56. The molecule has 2 aliphatic rings. The van der Waals surface area contributed by atoms with Crippen LogP contribution in [0.1, 0.15) is 44.9 Å². The Morgan fingerprint density at radius 3 is 2.53 bits per heavy atom. The van der Waals surface area contributed by atoms with E-state index in [1.54, 1.807) is 16.7 Å². The van der Waals surface area contributed by atoms with Crippen molar-refractivity contribution in [1.29, 1.82) is 0 Å². The molecule has 0 atom stereocenters. The highest BCUT2D eigenvalue weighted by Gasteiger charge is 2.27. The summed E-state index contributed by atoms with van der Waals surface area (Å²) in [4.78, 5) is 32.9. The van der Waals surface area contributed by atoms with Gasteiger partial charge in [0.15, 0.2) is 17.0 Å². The number of piperidine rings is 1. The van der Waals surface area contributed by atoms with Gasteiger partial charge in [-0.15, -0.1) is 0 Å². The van der Waals surface area contributed by atoms with Gasteiger partial charge in [0.1, 0.15) is 12.2 Å². The Morgan fingerprint density at radius 1 is 1.02 bits per heavy atom. The van der Waals surface area contributed by atoms with E-state index in [2.05, 4.69) is 35.2 Å². The molecule has 1 aliphatic carbocycles. The number of fused-ring (bicyclic) bond motifs is 1. The molecule has 2 amide bonds. The van der Waals surface area contributed by atoms with Crippen LogP contribution in [0.3, 0.4) is 0 Å². The van der Waals surface area contributed by atoms with Crippen LogP contribution in [0.2, 0.25) is 5.02 Å². The lowest BCUT2D eigenvalue weighted by atomic mass is 9.89. The highest BCUT2D eigenvalue weighted by Crippen LogP contribution is 2.35. The van der Waals surface area contributed by atoms with Gasteiger partial charge in [-0.25, -0.2) is 24.7 Å². The second-order valence-electron chi connectivity index (χ2n) is 11.0. The third-order valence-corrected chi connectivity index (χ3v) is 8.46. The van der Waals surface area contributed by atoms with Gasteiger partial charge in [-0.05, 0) is 49.8 Å². The second kappa shape index (κ2) is 13.1. The molecule has 0 unspecified atom stereocenters. The normalized spacial score (nSPS) is 16.5. The van der Waals surface area contributed by atoms with E-state index in [9.17, 15) is 13.6 Å². The average molecular weight is 611 g/mol. The Hall–Kier alpha value is -4.06. The van der Waals surface area contributed by atoms with Crippen LogP contribution in [-0.4, -0.2) is 62.8 Å². The Bertz CT molecular complexity index is 1550. The number of halogens is 3. The van der Waals surface area contributed by atoms with E-state index in [1.165, 1.54) is 50.7 Å². The van der Waals surface area contributed by atoms with Crippen molar-refractivity contribution in [3.05, 3.63) is 53.9 Å². The zero-order valence-corrected chi connectivity index (χ0v) is 24.3. The standard InChI is InChI=1S/C30H33ClF2N8O2/c31-23-9-5-4-8-22(23)26-39-25-27(36-18-37-28(25)41(26)21-10-11-24(34-17-21)43-29(32)33)40-14-12-20(13-15-40)38-30(42)35-16-19-6-2-1-3-7-19/h4-5,8-11,17-20,29H,1-3,6-7,12-16H2,(H2,35,38,42). The second-order valence-corrected chi connectivity index (χ2v) is 11.4. The van der Waals surface area contributed by atoms with Crippen LogP contribution in [0.5, 0.6) is 5.88 Å². The van der Waals surface area contributed by atoms with Crippen molar-refractivity contribution in [2.24, 2.45) is 5.92 Å². The molecule has 226 valence electrons. The minimum atomic E-state index is -2.98. The molecule has 0 bridgehead atoms. The molecule has 0 radical (unpaired) electrons. The smallest absolute Gasteiger partial charge is 0.388 e. The molecule has 1 aromatic carbocycles. The number of nitrogens with one attached hydrogen (secondary N) is 2. The van der Waals surface area contributed by atoms with Gasteiger partial charge >= 0.3 is 12.6 Å². The number of carbonyl (C=O) groups is 1. The number of imidazole rings is 1. The molecular weight excluding hydrogens is 578 g/mol. The minimum absolute atomic E-state index is 0.0659. The summed E-state index contributed by atoms with van der Waals surface area (Å²) in [6.45, 7) is -0.890. The van der Waals surface area contributed by atoms with Gasteiger partial charge in [0.2, 0.25) is 5.88 Å². The Morgan fingerprint density at radius 2 is 1.81 bits per heavy atom. The highest BCUT2D eigenvalue weighted by molar-refractivity contribution is 6.33. The van der Waals surface area contributed by atoms with Gasteiger partial charge in [0.25, 0.3) is 0 Å². The molecular formula is C30H33ClF2N8O2. The highest BCUT2D eigenvalue weighted by atomic mass is 35.5. The number of ether oxygens (including phenoxy) is 1. The first-order chi connectivity index (χ1) is 21.0. The molecule has 1 saturated heterocycles. The van der Waals surface area contributed by atoms with Crippen LogP contribution < -0.4 is 20.3 Å². The van der Waals surface area contributed by atoms with Gasteiger partial charge < -0.3 is 20.3 Å². The van der Waals surface area contributed by atoms with Gasteiger partial charge in [-0.1, -0.05) is 43.0 Å². The van der Waals surface area contributed by atoms with Crippen LogP contribution in [-0.2, 0) is 0 Å². The third-order valence-electron chi connectivity index (χ3n) is 8.13. The molecule has 3 aromatic heterocycles. The summed E-state index contributed by atoms with van der Waals surface area (Å²) < 4.78 is 31.6. The number of urea groups is 1. The lowest BCUT2D eigenvalue weighted by Crippen LogP contribution is -2.48. The maximum atomic E-state index is 12.7. The fourth-order valence-corrected chi connectivity index (χ4v) is 6.17. The predicted molar refractivity (Wildman–Crippen MR) is 160 cm³/mol. The van der Waals surface area contributed by atoms with E-state index in [-0.39, 0.29) is 18.0 Å². The van der Waals surface area contributed by atoms with Crippen LogP contribution in [0.15, 0.2) is 48.9 Å². The molecule has 6 rings (SSSR count). The summed E-state index contributed by atoms with van der Waals surface area (Å²) in [6, 6.07) is 10.3. The number of pyridine rings is 1. The lowest BCUT2D eigenvalue weighted by molar-refractivity contribution is -0.0528. The van der Waals surface area contributed by atoms with E-state index in [4.69, 9.17) is 16.6 Å². The maximum Gasteiger partial charge on any atom is 0.388 e. The Balaban J connectivity index is 1.23. The van der Waals surface area contributed by atoms with Crippen molar-refractivity contribution in [2.45, 2.75) is 57.6 Å². The van der Waals surface area contributed by atoms with Gasteiger partial charge in [0.05, 0.1) is 16.9 Å². The number of hydrogen-bond acceptors (Lipinski definition) is 7. The van der Waals surface area contributed by atoms with Crippen LogP contribution in [0, 0.1) is 5.92 Å². The van der Waals surface area contributed by atoms with Crippen LogP contribution in [0.25, 0.3) is 28.2 Å². The molecule has 2 N–H and O–H groups in total. The monoisotopic (exact) mass is 610 g/mol. The average Bonchev–Trinajstić information content (AvgIpc) is 3.41. The number of aromatic nitrogens is 5. The Labute approximate surface area is 252 Å². The molecule has 4 heterocycles. The van der Waals surface area contributed by atoms with Gasteiger partial charge in [-0.3, -0.25) is 4.57 Å². The van der Waals surface area contributed by atoms with Crippen LogP contribution >= 0.6 is 11.6 Å². The predicted octanol–water partition coefficient (Wildman–Crippen LogP) is 5.98.